The number of hydrogen-bond acceptors (Lipinski definition) is 4. The van der Waals surface area contributed by atoms with Gasteiger partial charge in [0, 0.05) is 11.6 Å². The van der Waals surface area contributed by atoms with Crippen LogP contribution >= 0.6 is 0 Å². The molecule has 5 nitrogen and oxygen atoms in total. The van der Waals surface area contributed by atoms with Crippen molar-refractivity contribution in [1.82, 2.24) is 0 Å². The molecule has 0 aliphatic rings. The fourth-order valence-electron chi connectivity index (χ4n) is 1.47. The second-order valence-corrected chi connectivity index (χ2v) is 3.72. The Morgan fingerprint density at radius 1 is 1.59 bits per heavy atom. The third-order valence-corrected chi connectivity index (χ3v) is 2.44. The highest BCUT2D eigenvalue weighted by molar-refractivity contribution is 5.44. The molecular weight excluding hydrogens is 220 g/mol. The molecule has 0 bridgehead atoms. The van der Waals surface area contributed by atoms with Gasteiger partial charge in [0.1, 0.15) is 11.9 Å². The fraction of sp³-hybridized carbons (Fsp3) is 0.417. The first kappa shape index (κ1) is 13.0. The number of nitro groups is 1. The fourth-order valence-corrected chi connectivity index (χ4v) is 1.47. The summed E-state index contributed by atoms with van der Waals surface area (Å²) in [6, 6.07) is 6.65. The highest BCUT2D eigenvalue weighted by Crippen LogP contribution is 2.24. The van der Waals surface area contributed by atoms with E-state index in [1.54, 1.807) is 19.1 Å². The average Bonchev–Trinajstić information content (AvgIpc) is 2.28. The molecule has 1 unspecified atom stereocenters. The first-order valence-corrected chi connectivity index (χ1v) is 5.37. The van der Waals surface area contributed by atoms with Crippen LogP contribution in [0, 0.1) is 28.4 Å². The van der Waals surface area contributed by atoms with Crippen LogP contribution in [0.4, 0.5) is 5.69 Å². The molecule has 90 valence electrons. The van der Waals surface area contributed by atoms with E-state index in [1.807, 2.05) is 13.0 Å². The van der Waals surface area contributed by atoms with Crippen molar-refractivity contribution in [3.63, 3.8) is 0 Å². The second-order valence-electron chi connectivity index (χ2n) is 3.72. The van der Waals surface area contributed by atoms with Gasteiger partial charge in [0.15, 0.2) is 0 Å². The molecule has 17 heavy (non-hydrogen) atoms. The van der Waals surface area contributed by atoms with E-state index in [4.69, 9.17) is 10.00 Å². The molecule has 1 aromatic rings. The summed E-state index contributed by atoms with van der Waals surface area (Å²) in [7, 11) is 0. The summed E-state index contributed by atoms with van der Waals surface area (Å²) in [6.07, 6.45) is 0.872. The summed E-state index contributed by atoms with van der Waals surface area (Å²) in [5.74, 6) is 0.565. The molecule has 1 rings (SSSR count). The molecule has 0 fully saturated rings. The van der Waals surface area contributed by atoms with Gasteiger partial charge in [0.2, 0.25) is 0 Å². The Bertz CT molecular complexity index is 452. The normalized spacial score (nSPS) is 11.6. The Hall–Kier alpha value is -2.09. The lowest BCUT2D eigenvalue weighted by molar-refractivity contribution is -0.385. The van der Waals surface area contributed by atoms with Crippen LogP contribution < -0.4 is 4.74 Å². The SMILES string of the molecule is CCC(CC#N)Oc1ccc([N+](=O)[O-])c(C)c1. The van der Waals surface area contributed by atoms with Crippen molar-refractivity contribution in [2.24, 2.45) is 0 Å². The van der Waals surface area contributed by atoms with Gasteiger partial charge in [-0.3, -0.25) is 10.1 Å². The Balaban J connectivity index is 2.84. The number of ether oxygens (including phenoxy) is 1. The van der Waals surface area contributed by atoms with Gasteiger partial charge >= 0.3 is 0 Å². The van der Waals surface area contributed by atoms with Crippen LogP contribution in [0.5, 0.6) is 5.75 Å². The van der Waals surface area contributed by atoms with Crippen molar-refractivity contribution in [2.75, 3.05) is 0 Å². The minimum absolute atomic E-state index is 0.0747. The topological polar surface area (TPSA) is 76.2 Å². The molecule has 0 N–H and O–H groups in total. The minimum Gasteiger partial charge on any atom is -0.489 e. The second kappa shape index (κ2) is 5.85. The lowest BCUT2D eigenvalue weighted by Gasteiger charge is -2.14. The zero-order valence-electron chi connectivity index (χ0n) is 9.84. The maximum atomic E-state index is 10.6. The molecule has 0 aliphatic carbocycles. The molecule has 1 aromatic carbocycles. The van der Waals surface area contributed by atoms with E-state index in [1.165, 1.54) is 6.07 Å². The average molecular weight is 234 g/mol. The Labute approximate surface area is 99.8 Å². The predicted molar refractivity (Wildman–Crippen MR) is 62.8 cm³/mol. The smallest absolute Gasteiger partial charge is 0.272 e. The molecule has 0 saturated carbocycles. The van der Waals surface area contributed by atoms with Gasteiger partial charge in [-0.05, 0) is 25.5 Å². The van der Waals surface area contributed by atoms with E-state index in [9.17, 15) is 10.1 Å². The van der Waals surface area contributed by atoms with Gasteiger partial charge in [0.05, 0.1) is 17.4 Å². The van der Waals surface area contributed by atoms with Crippen LogP contribution in [0.1, 0.15) is 25.3 Å². The molecule has 1 atom stereocenters. The summed E-state index contributed by atoms with van der Waals surface area (Å²) in [5, 5.41) is 19.2. The van der Waals surface area contributed by atoms with Crippen molar-refractivity contribution in [2.45, 2.75) is 32.8 Å². The van der Waals surface area contributed by atoms with Gasteiger partial charge in [-0.15, -0.1) is 0 Å². The minimum atomic E-state index is -0.425. The van der Waals surface area contributed by atoms with E-state index >= 15 is 0 Å². The van der Waals surface area contributed by atoms with Crippen molar-refractivity contribution in [3.05, 3.63) is 33.9 Å². The highest BCUT2D eigenvalue weighted by atomic mass is 16.6. The van der Waals surface area contributed by atoms with Crippen molar-refractivity contribution in [1.29, 1.82) is 5.26 Å². The maximum absolute atomic E-state index is 10.6. The Kier molecular flexibility index (Phi) is 4.46. The predicted octanol–water partition coefficient (Wildman–Crippen LogP) is 2.97. The monoisotopic (exact) mass is 234 g/mol. The molecule has 0 heterocycles. The molecular formula is C12H14N2O3. The van der Waals surface area contributed by atoms with E-state index in [0.29, 0.717) is 17.7 Å². The number of rotatable bonds is 5. The zero-order chi connectivity index (χ0) is 12.8. The van der Waals surface area contributed by atoms with Gasteiger partial charge in [-0.2, -0.15) is 5.26 Å². The van der Waals surface area contributed by atoms with E-state index in [-0.39, 0.29) is 11.8 Å². The molecule has 0 aromatic heterocycles. The molecule has 0 saturated heterocycles. The first-order chi connectivity index (χ1) is 8.08. The summed E-state index contributed by atoms with van der Waals surface area (Å²) in [5.41, 5.74) is 0.630. The summed E-state index contributed by atoms with van der Waals surface area (Å²) >= 11 is 0. The van der Waals surface area contributed by atoms with Gasteiger partial charge < -0.3 is 4.74 Å². The standard InChI is InChI=1S/C12H14N2O3/c1-3-10(6-7-13)17-11-4-5-12(14(15)16)9(2)8-11/h4-5,8,10H,3,6H2,1-2H3. The highest BCUT2D eigenvalue weighted by Gasteiger charge is 2.13. The number of hydrogen-bond donors (Lipinski definition) is 0. The number of nitriles is 1. The van der Waals surface area contributed by atoms with Gasteiger partial charge in [0.25, 0.3) is 5.69 Å². The van der Waals surface area contributed by atoms with E-state index in [0.717, 1.165) is 6.42 Å². The van der Waals surface area contributed by atoms with Crippen LogP contribution in [0.3, 0.4) is 0 Å². The lowest BCUT2D eigenvalue weighted by Crippen LogP contribution is -2.14. The lowest BCUT2D eigenvalue weighted by atomic mass is 10.2. The molecule has 0 aliphatic heterocycles. The number of nitro benzene ring substituents is 1. The zero-order valence-corrected chi connectivity index (χ0v) is 9.84. The quantitative estimate of drug-likeness (QED) is 0.579. The van der Waals surface area contributed by atoms with E-state index < -0.39 is 4.92 Å². The number of benzene rings is 1. The van der Waals surface area contributed by atoms with E-state index in [2.05, 4.69) is 0 Å². The summed E-state index contributed by atoms with van der Waals surface area (Å²) < 4.78 is 5.57. The van der Waals surface area contributed by atoms with Gasteiger partial charge in [-0.25, -0.2) is 0 Å². The van der Waals surface area contributed by atoms with Crippen molar-refractivity contribution < 1.29 is 9.66 Å². The van der Waals surface area contributed by atoms with Crippen LogP contribution in [0.15, 0.2) is 18.2 Å². The maximum Gasteiger partial charge on any atom is 0.272 e. The number of aryl methyl sites for hydroxylation is 1. The largest absolute Gasteiger partial charge is 0.489 e. The Morgan fingerprint density at radius 2 is 2.29 bits per heavy atom. The molecule has 0 radical (unpaired) electrons. The van der Waals surface area contributed by atoms with Crippen LogP contribution in [-0.2, 0) is 0 Å². The van der Waals surface area contributed by atoms with Crippen molar-refractivity contribution in [3.8, 4) is 11.8 Å². The first-order valence-electron chi connectivity index (χ1n) is 5.37. The third-order valence-electron chi connectivity index (χ3n) is 2.44. The van der Waals surface area contributed by atoms with Crippen LogP contribution in [-0.4, -0.2) is 11.0 Å². The number of nitrogens with zero attached hydrogens (tertiary/aromatic N) is 2. The Morgan fingerprint density at radius 3 is 2.76 bits per heavy atom. The molecule has 5 heteroatoms. The van der Waals surface area contributed by atoms with Crippen LogP contribution in [0.2, 0.25) is 0 Å². The van der Waals surface area contributed by atoms with Crippen molar-refractivity contribution >= 4 is 5.69 Å². The summed E-state index contributed by atoms with van der Waals surface area (Å²) in [4.78, 5) is 10.2. The summed E-state index contributed by atoms with van der Waals surface area (Å²) in [6.45, 7) is 3.59. The third kappa shape index (κ3) is 3.45. The van der Waals surface area contributed by atoms with Crippen LogP contribution in [0.25, 0.3) is 0 Å². The molecule has 0 spiro atoms. The molecule has 0 amide bonds. The van der Waals surface area contributed by atoms with Gasteiger partial charge in [-0.1, -0.05) is 6.92 Å².